The molecule has 0 amide bonds. The first-order valence-corrected chi connectivity index (χ1v) is 7.17. The number of aromatic nitrogens is 2. The Labute approximate surface area is 125 Å². The third-order valence-electron chi connectivity index (χ3n) is 3.40. The van der Waals surface area contributed by atoms with Gasteiger partial charge < -0.3 is 14.8 Å². The number of benzene rings is 1. The molecule has 0 fully saturated rings. The zero-order valence-electron chi connectivity index (χ0n) is 13.1. The fourth-order valence-electron chi connectivity index (χ4n) is 2.38. The largest absolute Gasteiger partial charge is 0.494 e. The maximum atomic E-state index is 5.71. The van der Waals surface area contributed by atoms with Crippen LogP contribution in [0.15, 0.2) is 30.5 Å². The molecule has 2 aromatic rings. The highest BCUT2D eigenvalue weighted by Gasteiger charge is 2.21. The zero-order valence-corrected chi connectivity index (χ0v) is 13.1. The van der Waals surface area contributed by atoms with Gasteiger partial charge in [-0.3, -0.25) is 4.68 Å². The molecule has 0 saturated carbocycles. The first-order valence-electron chi connectivity index (χ1n) is 7.17. The van der Waals surface area contributed by atoms with E-state index in [2.05, 4.69) is 29.5 Å². The Morgan fingerprint density at radius 3 is 2.86 bits per heavy atom. The summed E-state index contributed by atoms with van der Waals surface area (Å²) in [6.45, 7) is 2.82. The van der Waals surface area contributed by atoms with Crippen LogP contribution in [0.5, 0.6) is 11.5 Å². The monoisotopic (exact) mass is 289 g/mol. The summed E-state index contributed by atoms with van der Waals surface area (Å²) < 4.78 is 13.0. The van der Waals surface area contributed by atoms with Gasteiger partial charge in [0.1, 0.15) is 11.4 Å². The smallest absolute Gasteiger partial charge is 0.161 e. The predicted octanol–water partition coefficient (Wildman–Crippen LogP) is 2.53. The van der Waals surface area contributed by atoms with Crippen LogP contribution in [-0.4, -0.2) is 30.5 Å². The minimum absolute atomic E-state index is 0.00220. The highest BCUT2D eigenvalue weighted by Crippen LogP contribution is 2.30. The highest BCUT2D eigenvalue weighted by molar-refractivity contribution is 5.39. The van der Waals surface area contributed by atoms with Gasteiger partial charge in [0.2, 0.25) is 0 Å². The van der Waals surface area contributed by atoms with Gasteiger partial charge in [-0.05, 0) is 31.2 Å². The third-order valence-corrected chi connectivity index (χ3v) is 3.40. The number of nitrogens with one attached hydrogen (secondary N) is 1. The molecule has 0 aliphatic rings. The number of ether oxygens (including phenoxy) is 2. The normalized spacial score (nSPS) is 12.2. The third kappa shape index (κ3) is 3.36. The second-order valence-corrected chi connectivity index (χ2v) is 4.86. The summed E-state index contributed by atoms with van der Waals surface area (Å²) in [5.41, 5.74) is 2.11. The highest BCUT2D eigenvalue weighted by atomic mass is 16.5. The molecular formula is C16H23N3O2. The van der Waals surface area contributed by atoms with Gasteiger partial charge in [-0.2, -0.15) is 5.10 Å². The van der Waals surface area contributed by atoms with Crippen molar-refractivity contribution in [2.45, 2.75) is 19.4 Å². The van der Waals surface area contributed by atoms with Gasteiger partial charge in [-0.25, -0.2) is 0 Å². The molecular weight excluding hydrogens is 266 g/mol. The van der Waals surface area contributed by atoms with Crippen molar-refractivity contribution in [3.8, 4) is 11.5 Å². The maximum Gasteiger partial charge on any atom is 0.161 e. The van der Waals surface area contributed by atoms with Gasteiger partial charge in [-0.15, -0.1) is 0 Å². The Morgan fingerprint density at radius 2 is 2.19 bits per heavy atom. The Bertz CT molecular complexity index is 581. The molecule has 21 heavy (non-hydrogen) atoms. The summed E-state index contributed by atoms with van der Waals surface area (Å²) >= 11 is 0. The van der Waals surface area contributed by atoms with E-state index in [0.29, 0.717) is 0 Å². The molecule has 0 saturated heterocycles. The van der Waals surface area contributed by atoms with Crippen LogP contribution in [0.4, 0.5) is 0 Å². The van der Waals surface area contributed by atoms with E-state index in [-0.39, 0.29) is 6.04 Å². The second-order valence-electron chi connectivity index (χ2n) is 4.86. The minimum Gasteiger partial charge on any atom is -0.494 e. The van der Waals surface area contributed by atoms with Crippen molar-refractivity contribution in [2.24, 2.45) is 7.05 Å². The molecule has 0 spiro atoms. The standard InChI is InChI=1S/C16H23N3O2/c1-5-9-21-13-8-6-7-12(10-13)15(17-2)16-14(20-4)11-18-19(16)3/h6-8,10-11,15,17H,5,9H2,1-4H3. The van der Waals surface area contributed by atoms with E-state index in [1.54, 1.807) is 13.3 Å². The SMILES string of the molecule is CCCOc1cccc(C(NC)c2c(OC)cnn2C)c1. The molecule has 0 bridgehead atoms. The molecule has 0 aliphatic carbocycles. The number of hydrogen-bond donors (Lipinski definition) is 1. The van der Waals surface area contributed by atoms with Crippen LogP contribution in [0.1, 0.15) is 30.6 Å². The maximum absolute atomic E-state index is 5.71. The van der Waals surface area contributed by atoms with Crippen molar-refractivity contribution in [1.29, 1.82) is 0 Å². The lowest BCUT2D eigenvalue weighted by Gasteiger charge is -2.19. The van der Waals surface area contributed by atoms with Crippen LogP contribution in [-0.2, 0) is 7.05 Å². The van der Waals surface area contributed by atoms with E-state index in [0.717, 1.165) is 35.8 Å². The van der Waals surface area contributed by atoms with Gasteiger partial charge >= 0.3 is 0 Å². The Kier molecular flexibility index (Phi) is 5.22. The van der Waals surface area contributed by atoms with Gasteiger partial charge in [0.05, 0.1) is 26.0 Å². The van der Waals surface area contributed by atoms with Crippen LogP contribution >= 0.6 is 0 Å². The second kappa shape index (κ2) is 7.13. The van der Waals surface area contributed by atoms with Crippen LogP contribution in [0.3, 0.4) is 0 Å². The zero-order chi connectivity index (χ0) is 15.2. The van der Waals surface area contributed by atoms with Crippen molar-refractivity contribution < 1.29 is 9.47 Å². The first kappa shape index (κ1) is 15.4. The molecule has 5 nitrogen and oxygen atoms in total. The fraction of sp³-hybridized carbons (Fsp3) is 0.438. The topological polar surface area (TPSA) is 48.3 Å². The molecule has 5 heteroatoms. The van der Waals surface area contributed by atoms with E-state index in [1.807, 2.05) is 30.9 Å². The van der Waals surface area contributed by atoms with Crippen molar-refractivity contribution in [1.82, 2.24) is 15.1 Å². The summed E-state index contributed by atoms with van der Waals surface area (Å²) in [5, 5.41) is 7.60. The number of aryl methyl sites for hydroxylation is 1. The van der Waals surface area contributed by atoms with E-state index in [9.17, 15) is 0 Å². The van der Waals surface area contributed by atoms with Gasteiger partial charge in [-0.1, -0.05) is 19.1 Å². The molecule has 1 aromatic heterocycles. The molecule has 0 aliphatic heterocycles. The Morgan fingerprint density at radius 1 is 1.38 bits per heavy atom. The average molecular weight is 289 g/mol. The number of nitrogens with zero attached hydrogens (tertiary/aromatic N) is 2. The van der Waals surface area contributed by atoms with Crippen LogP contribution < -0.4 is 14.8 Å². The van der Waals surface area contributed by atoms with E-state index < -0.39 is 0 Å². The van der Waals surface area contributed by atoms with Crippen molar-refractivity contribution in [3.05, 3.63) is 41.7 Å². The summed E-state index contributed by atoms with van der Waals surface area (Å²) in [4.78, 5) is 0. The van der Waals surface area contributed by atoms with Gasteiger partial charge in [0.15, 0.2) is 5.75 Å². The van der Waals surface area contributed by atoms with Crippen molar-refractivity contribution in [3.63, 3.8) is 0 Å². The number of rotatable bonds is 7. The lowest BCUT2D eigenvalue weighted by Crippen LogP contribution is -2.21. The molecule has 0 radical (unpaired) electrons. The number of hydrogen-bond acceptors (Lipinski definition) is 4. The molecule has 1 unspecified atom stereocenters. The molecule has 1 atom stereocenters. The van der Waals surface area contributed by atoms with Crippen LogP contribution in [0.2, 0.25) is 0 Å². The Balaban J connectivity index is 2.34. The average Bonchev–Trinajstić information content (AvgIpc) is 2.88. The Hall–Kier alpha value is -2.01. The molecule has 114 valence electrons. The quantitative estimate of drug-likeness (QED) is 0.851. The van der Waals surface area contributed by atoms with E-state index >= 15 is 0 Å². The number of methoxy groups -OCH3 is 1. The lowest BCUT2D eigenvalue weighted by atomic mass is 10.0. The molecule has 1 N–H and O–H groups in total. The van der Waals surface area contributed by atoms with E-state index in [1.165, 1.54) is 0 Å². The van der Waals surface area contributed by atoms with Crippen LogP contribution in [0, 0.1) is 0 Å². The van der Waals surface area contributed by atoms with Crippen molar-refractivity contribution in [2.75, 3.05) is 20.8 Å². The van der Waals surface area contributed by atoms with Crippen LogP contribution in [0.25, 0.3) is 0 Å². The van der Waals surface area contributed by atoms with Gasteiger partial charge in [0.25, 0.3) is 0 Å². The van der Waals surface area contributed by atoms with E-state index in [4.69, 9.17) is 9.47 Å². The predicted molar refractivity (Wildman–Crippen MR) is 82.9 cm³/mol. The molecule has 2 rings (SSSR count). The molecule has 1 heterocycles. The summed E-state index contributed by atoms with van der Waals surface area (Å²) in [6, 6.07) is 8.12. The summed E-state index contributed by atoms with van der Waals surface area (Å²) in [5.74, 6) is 1.66. The lowest BCUT2D eigenvalue weighted by molar-refractivity contribution is 0.317. The fourth-order valence-corrected chi connectivity index (χ4v) is 2.38. The summed E-state index contributed by atoms with van der Waals surface area (Å²) in [7, 11) is 5.50. The van der Waals surface area contributed by atoms with Gasteiger partial charge in [0, 0.05) is 7.05 Å². The minimum atomic E-state index is -0.00220. The first-order chi connectivity index (χ1) is 10.2. The molecule has 1 aromatic carbocycles. The summed E-state index contributed by atoms with van der Waals surface area (Å²) in [6.07, 6.45) is 2.73. The van der Waals surface area contributed by atoms with Crippen molar-refractivity contribution >= 4 is 0 Å².